The molecule has 0 fully saturated rings. The molecule has 1 aliphatic carbocycles. The Labute approximate surface area is 133 Å². The molecule has 0 amide bonds. The van der Waals surface area contributed by atoms with E-state index in [4.69, 9.17) is 0 Å². The molecule has 0 spiro atoms. The van der Waals surface area contributed by atoms with E-state index in [1.165, 1.54) is 21.5 Å². The molecule has 0 bridgehead atoms. The summed E-state index contributed by atoms with van der Waals surface area (Å²) in [5.41, 5.74) is 0.526. The number of benzene rings is 4. The second kappa shape index (κ2) is 4.10. The SMILES string of the molecule is C[C@@]1(O)c2cc3ccc4cccc5ccc(c2C=CC1O)c3c45. The Hall–Kier alpha value is -2.42. The molecule has 2 N–H and O–H groups in total. The lowest BCUT2D eigenvalue weighted by Gasteiger charge is -2.33. The van der Waals surface area contributed by atoms with Crippen LogP contribution >= 0.6 is 0 Å². The Kier molecular flexibility index (Phi) is 2.33. The fourth-order valence-electron chi connectivity index (χ4n) is 3.96. The van der Waals surface area contributed by atoms with Crippen molar-refractivity contribution < 1.29 is 10.2 Å². The van der Waals surface area contributed by atoms with Crippen molar-refractivity contribution in [2.24, 2.45) is 0 Å². The van der Waals surface area contributed by atoms with Crippen LogP contribution in [0.3, 0.4) is 0 Å². The van der Waals surface area contributed by atoms with Crippen LogP contribution in [0.25, 0.3) is 38.4 Å². The number of aliphatic hydroxyl groups excluding tert-OH is 1. The highest BCUT2D eigenvalue weighted by Gasteiger charge is 2.36. The Morgan fingerprint density at radius 1 is 0.913 bits per heavy atom. The number of rotatable bonds is 0. The van der Waals surface area contributed by atoms with Crippen molar-refractivity contribution in [3.8, 4) is 0 Å². The molecular weight excluding hydrogens is 284 g/mol. The van der Waals surface area contributed by atoms with E-state index in [1.807, 2.05) is 12.1 Å². The van der Waals surface area contributed by atoms with Crippen LogP contribution in [0.4, 0.5) is 0 Å². The highest BCUT2D eigenvalue weighted by Crippen LogP contribution is 2.43. The summed E-state index contributed by atoms with van der Waals surface area (Å²) in [4.78, 5) is 0. The Morgan fingerprint density at radius 3 is 2.39 bits per heavy atom. The second-order valence-electron chi connectivity index (χ2n) is 6.65. The summed E-state index contributed by atoms with van der Waals surface area (Å²) >= 11 is 0. The first-order valence-corrected chi connectivity index (χ1v) is 7.87. The summed E-state index contributed by atoms with van der Waals surface area (Å²) in [5, 5.41) is 28.1. The van der Waals surface area contributed by atoms with Gasteiger partial charge in [-0.3, -0.25) is 0 Å². The van der Waals surface area contributed by atoms with Crippen LogP contribution in [0, 0.1) is 0 Å². The minimum atomic E-state index is -1.27. The van der Waals surface area contributed by atoms with Crippen molar-refractivity contribution in [3.05, 3.63) is 65.7 Å². The molecule has 0 heterocycles. The van der Waals surface area contributed by atoms with Gasteiger partial charge in [-0.15, -0.1) is 0 Å². The van der Waals surface area contributed by atoms with Crippen molar-refractivity contribution in [1.82, 2.24) is 0 Å². The highest BCUT2D eigenvalue weighted by molar-refractivity contribution is 6.24. The third kappa shape index (κ3) is 1.55. The number of hydrogen-bond donors (Lipinski definition) is 2. The molecule has 1 unspecified atom stereocenters. The van der Waals surface area contributed by atoms with Gasteiger partial charge in [0.1, 0.15) is 11.7 Å². The van der Waals surface area contributed by atoms with E-state index in [0.717, 1.165) is 21.9 Å². The minimum Gasteiger partial charge on any atom is -0.386 e. The summed E-state index contributed by atoms with van der Waals surface area (Å²) in [6.07, 6.45) is 2.73. The van der Waals surface area contributed by atoms with Gasteiger partial charge < -0.3 is 10.2 Å². The molecule has 5 rings (SSSR count). The Bertz CT molecular complexity index is 1090. The van der Waals surface area contributed by atoms with Crippen molar-refractivity contribution >= 4 is 38.4 Å². The maximum absolute atomic E-state index is 10.8. The normalized spacial score (nSPS) is 23.9. The summed E-state index contributed by atoms with van der Waals surface area (Å²) in [5.74, 6) is 0. The molecule has 0 aliphatic heterocycles. The van der Waals surface area contributed by atoms with E-state index in [2.05, 4.69) is 42.5 Å². The standard InChI is InChI=1S/C21H16O2/c1-21(23)17-11-14-6-5-12-3-2-4-13-7-8-16(20(14)19(12)13)15(17)9-10-18(21)22/h2-11,18,22-23H,1H3/t18?,21-/m1/s1. The van der Waals surface area contributed by atoms with Gasteiger partial charge in [-0.2, -0.15) is 0 Å². The van der Waals surface area contributed by atoms with Crippen LogP contribution in [0.5, 0.6) is 0 Å². The zero-order valence-corrected chi connectivity index (χ0v) is 12.7. The van der Waals surface area contributed by atoms with E-state index in [9.17, 15) is 10.2 Å². The van der Waals surface area contributed by atoms with E-state index in [-0.39, 0.29) is 0 Å². The van der Waals surface area contributed by atoms with E-state index >= 15 is 0 Å². The van der Waals surface area contributed by atoms with Crippen molar-refractivity contribution in [2.75, 3.05) is 0 Å². The molecule has 4 aromatic carbocycles. The number of fused-ring (bicyclic) bond motifs is 2. The maximum atomic E-state index is 10.8. The first-order chi connectivity index (χ1) is 11.1. The molecular formula is C21H16O2. The lowest BCUT2D eigenvalue weighted by Crippen LogP contribution is -2.37. The molecule has 23 heavy (non-hydrogen) atoms. The van der Waals surface area contributed by atoms with E-state index < -0.39 is 11.7 Å². The van der Waals surface area contributed by atoms with Crippen LogP contribution < -0.4 is 0 Å². The molecule has 0 saturated carbocycles. The zero-order valence-electron chi connectivity index (χ0n) is 12.7. The van der Waals surface area contributed by atoms with Gasteiger partial charge in [-0.25, -0.2) is 0 Å². The lowest BCUT2D eigenvalue weighted by molar-refractivity contribution is -0.0434. The maximum Gasteiger partial charge on any atom is 0.117 e. The molecule has 0 aromatic heterocycles. The predicted octanol–water partition coefficient (Wildman–Crippen LogP) is 4.18. The van der Waals surface area contributed by atoms with E-state index in [0.29, 0.717) is 0 Å². The fraction of sp³-hybridized carbons (Fsp3) is 0.143. The molecule has 1 aliphatic rings. The van der Waals surface area contributed by atoms with Crippen molar-refractivity contribution in [2.45, 2.75) is 18.6 Å². The molecule has 4 aromatic rings. The number of hydrogen-bond acceptors (Lipinski definition) is 2. The van der Waals surface area contributed by atoms with Crippen molar-refractivity contribution in [1.29, 1.82) is 0 Å². The molecule has 2 heteroatoms. The van der Waals surface area contributed by atoms with Gasteiger partial charge in [-0.05, 0) is 56.4 Å². The summed E-state index contributed by atoms with van der Waals surface area (Å²) in [6.45, 7) is 1.68. The van der Waals surface area contributed by atoms with Crippen LogP contribution in [0.15, 0.2) is 54.6 Å². The fourth-order valence-corrected chi connectivity index (χ4v) is 3.96. The topological polar surface area (TPSA) is 40.5 Å². The first-order valence-electron chi connectivity index (χ1n) is 7.87. The monoisotopic (exact) mass is 300 g/mol. The largest absolute Gasteiger partial charge is 0.386 e. The predicted molar refractivity (Wildman–Crippen MR) is 94.8 cm³/mol. The van der Waals surface area contributed by atoms with Gasteiger partial charge in [0, 0.05) is 0 Å². The Balaban J connectivity index is 2.05. The number of aliphatic hydroxyl groups is 2. The summed E-state index contributed by atoms with van der Waals surface area (Å²) in [6, 6.07) is 16.9. The van der Waals surface area contributed by atoms with Crippen LogP contribution in [-0.4, -0.2) is 16.3 Å². The van der Waals surface area contributed by atoms with Crippen LogP contribution in [0.1, 0.15) is 18.1 Å². The first kappa shape index (κ1) is 13.1. The second-order valence-corrected chi connectivity index (χ2v) is 6.65. The van der Waals surface area contributed by atoms with Gasteiger partial charge in [0.2, 0.25) is 0 Å². The zero-order chi connectivity index (χ0) is 15.8. The van der Waals surface area contributed by atoms with E-state index in [1.54, 1.807) is 13.0 Å². The average molecular weight is 300 g/mol. The summed E-state index contributed by atoms with van der Waals surface area (Å²) in [7, 11) is 0. The molecule has 0 saturated heterocycles. The van der Waals surface area contributed by atoms with Gasteiger partial charge in [0.05, 0.1) is 0 Å². The molecule has 0 radical (unpaired) electrons. The van der Waals surface area contributed by atoms with Gasteiger partial charge in [0.15, 0.2) is 0 Å². The molecule has 112 valence electrons. The third-order valence-corrected chi connectivity index (χ3v) is 5.26. The third-order valence-electron chi connectivity index (χ3n) is 5.26. The smallest absolute Gasteiger partial charge is 0.117 e. The quantitative estimate of drug-likeness (QED) is 0.478. The molecule has 2 nitrogen and oxygen atoms in total. The summed E-state index contributed by atoms with van der Waals surface area (Å²) < 4.78 is 0. The lowest BCUT2D eigenvalue weighted by atomic mass is 9.78. The highest BCUT2D eigenvalue weighted by atomic mass is 16.3. The van der Waals surface area contributed by atoms with Crippen LogP contribution in [-0.2, 0) is 5.60 Å². The average Bonchev–Trinajstić information content (AvgIpc) is 2.56. The van der Waals surface area contributed by atoms with Gasteiger partial charge >= 0.3 is 0 Å². The minimum absolute atomic E-state index is 0.790. The van der Waals surface area contributed by atoms with Gasteiger partial charge in [0.25, 0.3) is 0 Å². The molecule has 2 atom stereocenters. The van der Waals surface area contributed by atoms with Gasteiger partial charge in [-0.1, -0.05) is 54.6 Å². The van der Waals surface area contributed by atoms with Crippen molar-refractivity contribution in [3.63, 3.8) is 0 Å². The Morgan fingerprint density at radius 2 is 1.61 bits per heavy atom. The van der Waals surface area contributed by atoms with Crippen LogP contribution in [0.2, 0.25) is 0 Å².